The largest absolute Gasteiger partial charge is 0.416 e. The van der Waals surface area contributed by atoms with Crippen LogP contribution in [0.4, 0.5) is 23.2 Å². The summed E-state index contributed by atoms with van der Waals surface area (Å²) in [5.74, 6) is -0.766. The number of benzene rings is 2. The molecule has 8 heteroatoms. The fourth-order valence-corrected chi connectivity index (χ4v) is 4.07. The summed E-state index contributed by atoms with van der Waals surface area (Å²) in [7, 11) is 0. The van der Waals surface area contributed by atoms with Crippen LogP contribution in [-0.2, 0) is 11.0 Å². The number of rotatable bonds is 3. The number of alkyl halides is 3. The van der Waals surface area contributed by atoms with Gasteiger partial charge in [0, 0.05) is 32.1 Å². The van der Waals surface area contributed by atoms with Crippen LogP contribution < -0.4 is 4.90 Å². The van der Waals surface area contributed by atoms with Gasteiger partial charge in [0.2, 0.25) is 5.91 Å². The molecule has 1 saturated carbocycles. The number of nitrogens with zero attached hydrogens (tertiary/aromatic N) is 3. The summed E-state index contributed by atoms with van der Waals surface area (Å²) in [5, 5.41) is 9.22. The van der Waals surface area contributed by atoms with Crippen molar-refractivity contribution in [3.05, 3.63) is 65.0 Å². The van der Waals surface area contributed by atoms with Gasteiger partial charge in [-0.15, -0.1) is 0 Å². The van der Waals surface area contributed by atoms with Gasteiger partial charge >= 0.3 is 6.18 Å². The number of anilines is 1. The van der Waals surface area contributed by atoms with Gasteiger partial charge in [-0.1, -0.05) is 18.2 Å². The van der Waals surface area contributed by atoms with E-state index in [2.05, 4.69) is 0 Å². The lowest BCUT2D eigenvalue weighted by Crippen LogP contribution is -2.49. The zero-order chi connectivity index (χ0) is 21.5. The molecule has 1 heterocycles. The summed E-state index contributed by atoms with van der Waals surface area (Å²) in [6.07, 6.45) is -3.75. The number of carbonyl (C=O) groups excluding carboxylic acids is 1. The SMILES string of the molecule is N#Cc1cccc(F)c1N1CCN(C(=O)C2C[C@H]2c2ccc(C(F)(F)F)cc2)CC1. The molecule has 30 heavy (non-hydrogen) atoms. The number of nitriles is 1. The highest BCUT2D eigenvalue weighted by Gasteiger charge is 2.46. The summed E-state index contributed by atoms with van der Waals surface area (Å²) < 4.78 is 52.3. The molecular weight excluding hydrogens is 398 g/mol. The lowest BCUT2D eigenvalue weighted by molar-refractivity contribution is -0.137. The first-order valence-corrected chi connectivity index (χ1v) is 9.69. The van der Waals surface area contributed by atoms with Crippen LogP contribution in [0.25, 0.3) is 0 Å². The van der Waals surface area contributed by atoms with Gasteiger partial charge in [0.1, 0.15) is 11.9 Å². The Hall–Kier alpha value is -3.08. The van der Waals surface area contributed by atoms with Gasteiger partial charge in [0.15, 0.2) is 0 Å². The van der Waals surface area contributed by atoms with Crippen LogP contribution in [0.1, 0.15) is 29.0 Å². The highest BCUT2D eigenvalue weighted by atomic mass is 19.4. The first-order chi connectivity index (χ1) is 14.3. The van der Waals surface area contributed by atoms with Gasteiger partial charge < -0.3 is 9.80 Å². The van der Waals surface area contributed by atoms with Gasteiger partial charge in [-0.25, -0.2) is 4.39 Å². The predicted octanol–water partition coefficient (Wildman–Crippen LogP) is 4.17. The molecular formula is C22H19F4N3O. The van der Waals surface area contributed by atoms with E-state index in [1.165, 1.54) is 24.3 Å². The van der Waals surface area contributed by atoms with E-state index in [9.17, 15) is 27.6 Å². The first kappa shape index (κ1) is 20.2. The van der Waals surface area contributed by atoms with Crippen molar-refractivity contribution in [2.24, 2.45) is 5.92 Å². The molecule has 4 rings (SSSR count). The monoisotopic (exact) mass is 417 g/mol. The first-order valence-electron chi connectivity index (χ1n) is 9.69. The number of amides is 1. The Labute approximate surface area is 171 Å². The maximum Gasteiger partial charge on any atom is 0.416 e. The predicted molar refractivity (Wildman–Crippen MR) is 102 cm³/mol. The molecule has 0 N–H and O–H groups in total. The number of piperazine rings is 1. The number of hydrogen-bond donors (Lipinski definition) is 0. The van der Waals surface area contributed by atoms with E-state index in [1.54, 1.807) is 15.9 Å². The number of hydrogen-bond acceptors (Lipinski definition) is 3. The van der Waals surface area contributed by atoms with Gasteiger partial charge in [0.05, 0.1) is 16.8 Å². The Balaban J connectivity index is 1.37. The van der Waals surface area contributed by atoms with E-state index in [0.717, 1.165) is 17.7 Å². The number of carbonyl (C=O) groups is 1. The van der Waals surface area contributed by atoms with E-state index in [4.69, 9.17) is 0 Å². The van der Waals surface area contributed by atoms with E-state index in [0.29, 0.717) is 32.6 Å². The van der Waals surface area contributed by atoms with Crippen molar-refractivity contribution in [1.82, 2.24) is 4.90 Å². The standard InChI is InChI=1S/C22H19F4N3O/c23-19-3-1-2-15(13-27)20(19)28-8-10-29(11-9-28)21(30)18-12-17(18)14-4-6-16(7-5-14)22(24,25)26/h1-7,17-18H,8-12H2/t17-,18?/m0/s1. The smallest absolute Gasteiger partial charge is 0.365 e. The Morgan fingerprint density at radius 2 is 1.70 bits per heavy atom. The van der Waals surface area contributed by atoms with Crippen LogP contribution >= 0.6 is 0 Å². The summed E-state index contributed by atoms with van der Waals surface area (Å²) >= 11 is 0. The topological polar surface area (TPSA) is 47.3 Å². The van der Waals surface area contributed by atoms with Gasteiger partial charge in [0.25, 0.3) is 0 Å². The maximum absolute atomic E-state index is 14.2. The fraction of sp³-hybridized carbons (Fsp3) is 0.364. The number of para-hydroxylation sites is 1. The maximum atomic E-state index is 14.2. The van der Waals surface area contributed by atoms with E-state index in [1.807, 2.05) is 6.07 Å². The lowest BCUT2D eigenvalue weighted by atomic mass is 10.1. The average molecular weight is 417 g/mol. The molecule has 2 aliphatic rings. The van der Waals surface area contributed by atoms with Crippen LogP contribution in [0, 0.1) is 23.1 Å². The second-order valence-electron chi connectivity index (χ2n) is 7.63. The molecule has 1 saturated heterocycles. The molecule has 0 aromatic heterocycles. The molecule has 1 aliphatic carbocycles. The van der Waals surface area contributed by atoms with Crippen LogP contribution in [0.15, 0.2) is 42.5 Å². The second-order valence-corrected chi connectivity index (χ2v) is 7.63. The normalized spacial score (nSPS) is 21.3. The highest BCUT2D eigenvalue weighted by molar-refractivity contribution is 5.83. The van der Waals surface area contributed by atoms with Crippen molar-refractivity contribution < 1.29 is 22.4 Å². The third-order valence-corrected chi connectivity index (χ3v) is 5.79. The molecule has 2 aromatic carbocycles. The fourth-order valence-electron chi connectivity index (χ4n) is 4.07. The molecule has 0 radical (unpaired) electrons. The average Bonchev–Trinajstić information content (AvgIpc) is 3.53. The molecule has 4 nitrogen and oxygen atoms in total. The van der Waals surface area contributed by atoms with Crippen molar-refractivity contribution in [2.75, 3.05) is 31.1 Å². The molecule has 1 unspecified atom stereocenters. The van der Waals surface area contributed by atoms with Crippen molar-refractivity contribution in [2.45, 2.75) is 18.5 Å². The zero-order valence-electron chi connectivity index (χ0n) is 16.0. The quantitative estimate of drug-likeness (QED) is 0.705. The molecule has 1 amide bonds. The third kappa shape index (κ3) is 3.84. The Morgan fingerprint density at radius 1 is 1.03 bits per heavy atom. The highest BCUT2D eigenvalue weighted by Crippen LogP contribution is 2.49. The molecule has 156 valence electrons. The van der Waals surface area contributed by atoms with E-state index >= 15 is 0 Å². The summed E-state index contributed by atoms with van der Waals surface area (Å²) in [6, 6.07) is 11.4. The third-order valence-electron chi connectivity index (χ3n) is 5.79. The van der Waals surface area contributed by atoms with Crippen LogP contribution in [0.2, 0.25) is 0 Å². The van der Waals surface area contributed by atoms with E-state index in [-0.39, 0.29) is 29.0 Å². The van der Waals surface area contributed by atoms with Crippen molar-refractivity contribution in [1.29, 1.82) is 5.26 Å². The van der Waals surface area contributed by atoms with Crippen molar-refractivity contribution in [3.63, 3.8) is 0 Å². The Morgan fingerprint density at radius 3 is 2.30 bits per heavy atom. The van der Waals surface area contributed by atoms with Gasteiger partial charge in [-0.3, -0.25) is 4.79 Å². The summed E-state index contributed by atoms with van der Waals surface area (Å²) in [6.45, 7) is 1.65. The molecule has 1 aliphatic heterocycles. The molecule has 2 fully saturated rings. The Bertz CT molecular complexity index is 989. The molecule has 2 aromatic rings. The van der Waals surface area contributed by atoms with Crippen LogP contribution in [0.3, 0.4) is 0 Å². The minimum Gasteiger partial charge on any atom is -0.365 e. The van der Waals surface area contributed by atoms with Gasteiger partial charge in [-0.2, -0.15) is 18.4 Å². The second kappa shape index (κ2) is 7.63. The van der Waals surface area contributed by atoms with E-state index < -0.39 is 17.6 Å². The minimum atomic E-state index is -4.37. The van der Waals surface area contributed by atoms with Crippen molar-refractivity contribution >= 4 is 11.6 Å². The lowest BCUT2D eigenvalue weighted by Gasteiger charge is -2.36. The molecule has 0 bridgehead atoms. The summed E-state index contributed by atoms with van der Waals surface area (Å²) in [4.78, 5) is 16.3. The van der Waals surface area contributed by atoms with Crippen molar-refractivity contribution in [3.8, 4) is 6.07 Å². The van der Waals surface area contributed by atoms with Crippen LogP contribution in [0.5, 0.6) is 0 Å². The minimum absolute atomic E-state index is 0.0198. The molecule has 0 spiro atoms. The Kier molecular flexibility index (Phi) is 5.14. The van der Waals surface area contributed by atoms with Crippen LogP contribution in [-0.4, -0.2) is 37.0 Å². The van der Waals surface area contributed by atoms with Gasteiger partial charge in [-0.05, 0) is 42.2 Å². The number of halogens is 4. The zero-order valence-corrected chi connectivity index (χ0v) is 16.0. The molecule has 2 atom stereocenters. The summed E-state index contributed by atoms with van der Waals surface area (Å²) in [5.41, 5.74) is 0.571.